The molecule has 2 rings (SSSR count). The van der Waals surface area contributed by atoms with Crippen molar-refractivity contribution in [2.24, 2.45) is 5.73 Å². The van der Waals surface area contributed by atoms with E-state index in [0.29, 0.717) is 0 Å². The predicted octanol–water partition coefficient (Wildman–Crippen LogP) is 0.291. The Hall–Kier alpha value is -2.02. The van der Waals surface area contributed by atoms with Crippen LogP contribution in [0.25, 0.3) is 0 Å². The second kappa shape index (κ2) is 5.31. The number of amides is 2. The minimum absolute atomic E-state index is 0.0436. The smallest absolute Gasteiger partial charge is 0.257 e. The van der Waals surface area contributed by atoms with Crippen LogP contribution in [0, 0.1) is 11.6 Å². The van der Waals surface area contributed by atoms with E-state index in [0.717, 1.165) is 17.0 Å². The lowest BCUT2D eigenvalue weighted by atomic mass is 10.1. The Kier molecular flexibility index (Phi) is 3.75. The van der Waals surface area contributed by atoms with Crippen molar-refractivity contribution >= 4 is 11.8 Å². The molecule has 0 aromatic heterocycles. The van der Waals surface area contributed by atoms with E-state index in [4.69, 9.17) is 10.5 Å². The highest BCUT2D eigenvalue weighted by Crippen LogP contribution is 2.17. The summed E-state index contributed by atoms with van der Waals surface area (Å²) in [7, 11) is 0. The van der Waals surface area contributed by atoms with E-state index in [9.17, 15) is 18.4 Å². The van der Waals surface area contributed by atoms with E-state index in [1.807, 2.05) is 0 Å². The maximum atomic E-state index is 13.6. The third kappa shape index (κ3) is 2.55. The highest BCUT2D eigenvalue weighted by Gasteiger charge is 2.33. The van der Waals surface area contributed by atoms with E-state index in [1.165, 1.54) is 6.07 Å². The summed E-state index contributed by atoms with van der Waals surface area (Å²) in [5.74, 6) is -3.87. The van der Waals surface area contributed by atoms with Gasteiger partial charge >= 0.3 is 0 Å². The molecule has 0 aliphatic carbocycles. The highest BCUT2D eigenvalue weighted by atomic mass is 19.2. The number of primary amides is 1. The van der Waals surface area contributed by atoms with Crippen molar-refractivity contribution in [2.75, 3.05) is 19.8 Å². The summed E-state index contributed by atoms with van der Waals surface area (Å²) in [5.41, 5.74) is 4.74. The van der Waals surface area contributed by atoms with Gasteiger partial charge in [0.15, 0.2) is 11.6 Å². The van der Waals surface area contributed by atoms with Gasteiger partial charge in [0.1, 0.15) is 6.04 Å². The molecular weight excluding hydrogens is 258 g/mol. The summed E-state index contributed by atoms with van der Waals surface area (Å²) >= 11 is 0. The molecule has 19 heavy (non-hydrogen) atoms. The fourth-order valence-corrected chi connectivity index (χ4v) is 1.91. The van der Waals surface area contributed by atoms with Crippen molar-refractivity contribution in [3.8, 4) is 0 Å². The van der Waals surface area contributed by atoms with Crippen LogP contribution >= 0.6 is 0 Å². The molecule has 1 atom stereocenters. The van der Waals surface area contributed by atoms with Crippen LogP contribution in [0.1, 0.15) is 10.4 Å². The summed E-state index contributed by atoms with van der Waals surface area (Å²) in [6.07, 6.45) is 0. The van der Waals surface area contributed by atoms with Crippen molar-refractivity contribution in [3.63, 3.8) is 0 Å². The molecule has 2 amide bonds. The lowest BCUT2D eigenvalue weighted by Crippen LogP contribution is -2.54. The van der Waals surface area contributed by atoms with Crippen LogP contribution in [-0.4, -0.2) is 42.5 Å². The van der Waals surface area contributed by atoms with Gasteiger partial charge in [0, 0.05) is 6.54 Å². The number of nitrogens with zero attached hydrogens (tertiary/aromatic N) is 1. The zero-order valence-corrected chi connectivity index (χ0v) is 9.94. The lowest BCUT2D eigenvalue weighted by molar-refractivity contribution is -0.127. The molecule has 1 aliphatic heterocycles. The van der Waals surface area contributed by atoms with Gasteiger partial charge in [-0.05, 0) is 12.1 Å². The van der Waals surface area contributed by atoms with E-state index in [1.54, 1.807) is 0 Å². The fourth-order valence-electron chi connectivity index (χ4n) is 1.91. The van der Waals surface area contributed by atoms with Gasteiger partial charge in [0.25, 0.3) is 5.91 Å². The van der Waals surface area contributed by atoms with Gasteiger partial charge in [-0.25, -0.2) is 8.78 Å². The number of ether oxygens (including phenoxy) is 1. The van der Waals surface area contributed by atoms with Crippen LogP contribution in [0.3, 0.4) is 0 Å². The van der Waals surface area contributed by atoms with E-state index < -0.39 is 35.1 Å². The van der Waals surface area contributed by atoms with Crippen molar-refractivity contribution in [1.82, 2.24) is 4.90 Å². The minimum Gasteiger partial charge on any atom is -0.377 e. The predicted molar refractivity (Wildman–Crippen MR) is 61.2 cm³/mol. The largest absolute Gasteiger partial charge is 0.377 e. The maximum absolute atomic E-state index is 13.6. The zero-order chi connectivity index (χ0) is 14.0. The lowest BCUT2D eigenvalue weighted by Gasteiger charge is -2.33. The van der Waals surface area contributed by atoms with Crippen LogP contribution < -0.4 is 5.73 Å². The molecule has 2 N–H and O–H groups in total. The van der Waals surface area contributed by atoms with Gasteiger partial charge in [-0.15, -0.1) is 0 Å². The number of morpholine rings is 1. The molecule has 0 spiro atoms. The van der Waals surface area contributed by atoms with Crippen LogP contribution in [0.4, 0.5) is 8.78 Å². The quantitative estimate of drug-likeness (QED) is 0.839. The molecule has 1 unspecified atom stereocenters. The van der Waals surface area contributed by atoms with Crippen LogP contribution in [0.5, 0.6) is 0 Å². The van der Waals surface area contributed by atoms with Crippen molar-refractivity contribution < 1.29 is 23.1 Å². The summed E-state index contributed by atoms with van der Waals surface area (Å²) in [6, 6.07) is 2.33. The first-order valence-corrected chi connectivity index (χ1v) is 5.64. The van der Waals surface area contributed by atoms with Gasteiger partial charge in [0.2, 0.25) is 5.91 Å². The summed E-state index contributed by atoms with van der Waals surface area (Å²) in [4.78, 5) is 24.5. The number of benzene rings is 1. The third-order valence-corrected chi connectivity index (χ3v) is 2.90. The Morgan fingerprint density at radius 1 is 1.37 bits per heavy atom. The Labute approximate surface area is 107 Å². The molecule has 0 bridgehead atoms. The number of carbonyl (C=O) groups is 2. The molecule has 7 heteroatoms. The van der Waals surface area contributed by atoms with Gasteiger partial charge in [-0.2, -0.15) is 0 Å². The summed E-state index contributed by atoms with van der Waals surface area (Å²) in [6.45, 7) is 0.271. The topological polar surface area (TPSA) is 72.6 Å². The first-order valence-electron chi connectivity index (χ1n) is 5.64. The second-order valence-electron chi connectivity index (χ2n) is 4.09. The Bertz CT molecular complexity index is 522. The molecule has 5 nitrogen and oxygen atoms in total. The van der Waals surface area contributed by atoms with Gasteiger partial charge < -0.3 is 15.4 Å². The van der Waals surface area contributed by atoms with Gasteiger partial charge in [0.05, 0.1) is 18.8 Å². The Morgan fingerprint density at radius 3 is 2.79 bits per heavy atom. The molecule has 1 heterocycles. The van der Waals surface area contributed by atoms with Crippen molar-refractivity contribution in [2.45, 2.75) is 6.04 Å². The average molecular weight is 270 g/mol. The van der Waals surface area contributed by atoms with Crippen LogP contribution in [-0.2, 0) is 9.53 Å². The minimum atomic E-state index is -1.23. The first-order chi connectivity index (χ1) is 9.02. The standard InChI is InChI=1S/C12H12F2N2O3/c13-8-3-1-2-7(10(8)14)12(18)16-4-5-19-6-9(16)11(15)17/h1-3,9H,4-6H2,(H2,15,17). The fraction of sp³-hybridized carbons (Fsp3) is 0.333. The molecule has 1 aromatic carbocycles. The maximum Gasteiger partial charge on any atom is 0.257 e. The molecule has 1 aromatic rings. The molecule has 1 saturated heterocycles. The van der Waals surface area contributed by atoms with E-state index in [-0.39, 0.29) is 19.8 Å². The van der Waals surface area contributed by atoms with Crippen molar-refractivity contribution in [1.29, 1.82) is 0 Å². The highest BCUT2D eigenvalue weighted by molar-refractivity contribution is 5.97. The number of carbonyl (C=O) groups excluding carboxylic acids is 2. The van der Waals surface area contributed by atoms with Crippen LogP contribution in [0.15, 0.2) is 18.2 Å². The van der Waals surface area contributed by atoms with Crippen LogP contribution in [0.2, 0.25) is 0 Å². The molecule has 102 valence electrons. The Morgan fingerprint density at radius 2 is 2.11 bits per heavy atom. The monoisotopic (exact) mass is 270 g/mol. The van der Waals surface area contributed by atoms with Crippen molar-refractivity contribution in [3.05, 3.63) is 35.4 Å². The SMILES string of the molecule is NC(=O)C1COCCN1C(=O)c1cccc(F)c1F. The molecule has 1 aliphatic rings. The third-order valence-electron chi connectivity index (χ3n) is 2.90. The first kappa shape index (κ1) is 13.4. The molecule has 1 fully saturated rings. The Balaban J connectivity index is 2.31. The number of hydrogen-bond acceptors (Lipinski definition) is 3. The molecule has 0 saturated carbocycles. The van der Waals surface area contributed by atoms with E-state index >= 15 is 0 Å². The average Bonchev–Trinajstić information content (AvgIpc) is 2.41. The summed E-state index contributed by atoms with van der Waals surface area (Å²) < 4.78 is 31.7. The normalized spacial score (nSPS) is 19.3. The number of hydrogen-bond donors (Lipinski definition) is 1. The van der Waals surface area contributed by atoms with Gasteiger partial charge in [-0.1, -0.05) is 6.07 Å². The summed E-state index contributed by atoms with van der Waals surface area (Å²) in [5, 5.41) is 0. The number of nitrogens with two attached hydrogens (primary N) is 1. The number of rotatable bonds is 2. The number of halogens is 2. The molecular formula is C12H12F2N2O3. The zero-order valence-electron chi connectivity index (χ0n) is 9.94. The van der Waals surface area contributed by atoms with E-state index in [2.05, 4.69) is 0 Å². The molecule has 0 radical (unpaired) electrons. The second-order valence-corrected chi connectivity index (χ2v) is 4.09. The van der Waals surface area contributed by atoms with Gasteiger partial charge in [-0.3, -0.25) is 9.59 Å².